The minimum Gasteiger partial charge on any atom is -0.490 e. The summed E-state index contributed by atoms with van der Waals surface area (Å²) in [5, 5.41) is 12.4. The van der Waals surface area contributed by atoms with Crippen molar-refractivity contribution in [1.82, 2.24) is 5.32 Å². The van der Waals surface area contributed by atoms with Gasteiger partial charge in [-0.05, 0) is 49.2 Å². The van der Waals surface area contributed by atoms with Crippen LogP contribution in [0.4, 0.5) is 0 Å². The van der Waals surface area contributed by atoms with Crippen LogP contribution in [-0.2, 0) is 16.1 Å². The van der Waals surface area contributed by atoms with E-state index < -0.39 is 17.9 Å². The number of nitrogens with one attached hydrogen (secondary N) is 1. The lowest BCUT2D eigenvalue weighted by molar-refractivity contribution is -0.136. The number of aromatic carboxylic acids is 1. The van der Waals surface area contributed by atoms with Crippen molar-refractivity contribution in [3.8, 4) is 11.5 Å². The molecule has 2 N–H and O–H groups in total. The second-order valence-corrected chi connectivity index (χ2v) is 9.18. The predicted molar refractivity (Wildman–Crippen MR) is 144 cm³/mol. The zero-order valence-corrected chi connectivity index (χ0v) is 21.7. The number of methoxy groups -OCH3 is 1. The van der Waals surface area contributed by atoms with Gasteiger partial charge in [-0.1, -0.05) is 42.5 Å². The Kier molecular flexibility index (Phi) is 6.94. The molecule has 8 heteroatoms. The lowest BCUT2D eigenvalue weighted by Crippen LogP contribution is -2.29. The first-order chi connectivity index (χ1) is 18.8. The van der Waals surface area contributed by atoms with E-state index in [2.05, 4.69) is 5.32 Å². The topological polar surface area (TPSA) is 111 Å². The number of benzene rings is 3. The van der Waals surface area contributed by atoms with Crippen molar-refractivity contribution >= 4 is 23.4 Å². The Morgan fingerprint density at radius 3 is 2.33 bits per heavy atom. The lowest BCUT2D eigenvalue weighted by atomic mass is 9.79. The Balaban J connectivity index is 1.53. The molecule has 1 atom stereocenters. The van der Waals surface area contributed by atoms with Crippen molar-refractivity contribution < 1.29 is 33.7 Å². The molecule has 198 valence electrons. The minimum absolute atomic E-state index is 0.143. The van der Waals surface area contributed by atoms with Gasteiger partial charge in [0.25, 0.3) is 0 Å². The molecule has 5 rings (SSSR count). The largest absolute Gasteiger partial charge is 0.490 e. The second kappa shape index (κ2) is 10.5. The number of allylic oxidation sites excluding steroid dienone is 2. The number of ketones is 1. The molecule has 1 heterocycles. The Bertz CT molecular complexity index is 1550. The van der Waals surface area contributed by atoms with Gasteiger partial charge in [-0.3, -0.25) is 4.79 Å². The maximum atomic E-state index is 13.6. The van der Waals surface area contributed by atoms with Crippen LogP contribution in [0.25, 0.3) is 5.70 Å². The molecular weight excluding hydrogens is 498 g/mol. The van der Waals surface area contributed by atoms with Gasteiger partial charge in [0.2, 0.25) is 0 Å². The highest BCUT2D eigenvalue weighted by Gasteiger charge is 2.43. The lowest BCUT2D eigenvalue weighted by Gasteiger charge is -2.29. The number of fused-ring (bicyclic) bond motifs is 2. The van der Waals surface area contributed by atoms with Crippen LogP contribution in [0.15, 0.2) is 83.6 Å². The van der Waals surface area contributed by atoms with Crippen LogP contribution in [0.5, 0.6) is 11.5 Å². The van der Waals surface area contributed by atoms with Crippen LogP contribution in [0.2, 0.25) is 0 Å². The summed E-state index contributed by atoms with van der Waals surface area (Å²) in [7, 11) is 1.32. The average molecular weight is 526 g/mol. The molecule has 0 saturated heterocycles. The van der Waals surface area contributed by atoms with Gasteiger partial charge in [0.15, 0.2) is 17.3 Å². The number of Topliss-reactive ketones (excluding diaryl/α,β-unsaturated/α-hetero) is 1. The minimum atomic E-state index is -0.993. The number of ether oxygens (including phenoxy) is 3. The third kappa shape index (κ3) is 4.65. The fraction of sp³-hybridized carbons (Fsp3) is 0.194. The molecule has 8 nitrogen and oxygen atoms in total. The smallest absolute Gasteiger partial charge is 0.336 e. The summed E-state index contributed by atoms with van der Waals surface area (Å²) < 4.78 is 17.1. The zero-order valence-electron chi connectivity index (χ0n) is 21.7. The number of carbonyl (C=O) groups is 3. The number of hydrogen-bond acceptors (Lipinski definition) is 7. The summed E-state index contributed by atoms with van der Waals surface area (Å²) in [5.41, 5.74) is 5.19. The van der Waals surface area contributed by atoms with E-state index in [9.17, 15) is 14.4 Å². The number of rotatable bonds is 8. The van der Waals surface area contributed by atoms with Crippen molar-refractivity contribution in [3.63, 3.8) is 0 Å². The van der Waals surface area contributed by atoms with E-state index in [1.54, 1.807) is 37.3 Å². The Morgan fingerprint density at radius 2 is 1.67 bits per heavy atom. The fourth-order valence-electron chi connectivity index (χ4n) is 5.04. The molecule has 0 spiro atoms. The quantitative estimate of drug-likeness (QED) is 0.391. The first-order valence-electron chi connectivity index (χ1n) is 12.5. The van der Waals surface area contributed by atoms with Gasteiger partial charge < -0.3 is 24.6 Å². The van der Waals surface area contributed by atoms with Gasteiger partial charge in [-0.25, -0.2) is 9.59 Å². The van der Waals surface area contributed by atoms with Crippen LogP contribution in [0.1, 0.15) is 57.2 Å². The number of dihydropyridines is 1. The van der Waals surface area contributed by atoms with Crippen LogP contribution < -0.4 is 14.8 Å². The number of hydrogen-bond donors (Lipinski definition) is 2. The Hall–Kier alpha value is -4.85. The molecule has 0 bridgehead atoms. The van der Waals surface area contributed by atoms with E-state index in [0.29, 0.717) is 51.8 Å². The standard InChI is InChI=1S/C31H27NO7/c1-4-38-24-15-20(13-14-23(24)39-16-18-9-11-19(12-10-18)30(34)35)26-25(31(36)37-3)17(2)32-28-21-7-5-6-8-22(21)29(33)27(26)28/h5-15,26,32H,4,16H2,1-3H3,(H,34,35)/t26-/m1/s1. The van der Waals surface area contributed by atoms with Crippen LogP contribution in [0.3, 0.4) is 0 Å². The summed E-state index contributed by atoms with van der Waals surface area (Å²) >= 11 is 0. The number of esters is 1. The zero-order chi connectivity index (χ0) is 27.7. The molecule has 0 radical (unpaired) electrons. The molecule has 1 aliphatic carbocycles. The van der Waals surface area contributed by atoms with Gasteiger partial charge in [-0.15, -0.1) is 0 Å². The van der Waals surface area contributed by atoms with E-state index in [1.807, 2.05) is 31.2 Å². The molecule has 0 fully saturated rings. The molecule has 0 unspecified atom stereocenters. The first kappa shape index (κ1) is 25.8. The van der Waals surface area contributed by atoms with Crippen LogP contribution >= 0.6 is 0 Å². The van der Waals surface area contributed by atoms with Gasteiger partial charge in [0, 0.05) is 28.3 Å². The molecule has 2 aliphatic rings. The van der Waals surface area contributed by atoms with Crippen LogP contribution in [-0.4, -0.2) is 36.5 Å². The Labute approximate surface area is 225 Å². The monoisotopic (exact) mass is 525 g/mol. The Morgan fingerprint density at radius 1 is 0.949 bits per heavy atom. The molecule has 3 aromatic carbocycles. The highest BCUT2D eigenvalue weighted by molar-refractivity contribution is 6.23. The summed E-state index contributed by atoms with van der Waals surface area (Å²) in [4.78, 5) is 37.7. The summed E-state index contributed by atoms with van der Waals surface area (Å²) in [6.45, 7) is 4.22. The predicted octanol–water partition coefficient (Wildman–Crippen LogP) is 5.10. The summed E-state index contributed by atoms with van der Waals surface area (Å²) in [5.74, 6) is -1.40. The molecule has 0 aromatic heterocycles. The van der Waals surface area contributed by atoms with E-state index in [-0.39, 0.29) is 18.0 Å². The number of carbonyl (C=O) groups excluding carboxylic acids is 2. The second-order valence-electron chi connectivity index (χ2n) is 9.18. The van der Waals surface area contributed by atoms with E-state index in [0.717, 1.165) is 11.1 Å². The van der Waals surface area contributed by atoms with Crippen molar-refractivity contribution in [3.05, 3.63) is 111 Å². The molecule has 0 saturated carbocycles. The summed E-state index contributed by atoms with van der Waals surface area (Å²) in [6, 6.07) is 19.2. The van der Waals surface area contributed by atoms with Gasteiger partial charge in [-0.2, -0.15) is 0 Å². The average Bonchev–Trinajstić information content (AvgIpc) is 3.22. The SMILES string of the molecule is CCOc1cc([C@@H]2C(C(=O)OC)=C(C)NC3=C2C(=O)c2ccccc23)ccc1OCc1ccc(C(=O)O)cc1. The first-order valence-corrected chi connectivity index (χ1v) is 12.5. The van der Waals surface area contributed by atoms with Gasteiger partial charge in [0.1, 0.15) is 6.61 Å². The van der Waals surface area contributed by atoms with Crippen LogP contribution in [0, 0.1) is 0 Å². The highest BCUT2D eigenvalue weighted by Crippen LogP contribution is 2.48. The number of carboxylic acid groups (broad SMARTS) is 1. The molecule has 39 heavy (non-hydrogen) atoms. The normalized spacial score (nSPS) is 15.9. The highest BCUT2D eigenvalue weighted by atomic mass is 16.5. The van der Waals surface area contributed by atoms with Crippen molar-refractivity contribution in [2.24, 2.45) is 0 Å². The maximum Gasteiger partial charge on any atom is 0.336 e. The van der Waals surface area contributed by atoms with Gasteiger partial charge in [0.05, 0.1) is 30.6 Å². The maximum absolute atomic E-state index is 13.6. The number of carboxylic acids is 1. The van der Waals surface area contributed by atoms with E-state index in [1.165, 1.54) is 19.2 Å². The fourth-order valence-corrected chi connectivity index (χ4v) is 5.04. The molecule has 0 amide bonds. The molecule has 3 aromatic rings. The third-order valence-corrected chi connectivity index (χ3v) is 6.85. The van der Waals surface area contributed by atoms with Crippen molar-refractivity contribution in [2.45, 2.75) is 26.4 Å². The van der Waals surface area contributed by atoms with E-state index in [4.69, 9.17) is 19.3 Å². The van der Waals surface area contributed by atoms with Crippen molar-refractivity contribution in [1.29, 1.82) is 0 Å². The van der Waals surface area contributed by atoms with E-state index >= 15 is 0 Å². The van der Waals surface area contributed by atoms with Crippen molar-refractivity contribution in [2.75, 3.05) is 13.7 Å². The summed E-state index contributed by atoms with van der Waals surface area (Å²) in [6.07, 6.45) is 0. The van der Waals surface area contributed by atoms with Gasteiger partial charge >= 0.3 is 11.9 Å². The molecular formula is C31H27NO7. The molecule has 1 aliphatic heterocycles. The third-order valence-electron chi connectivity index (χ3n) is 6.85.